The van der Waals surface area contributed by atoms with Crippen molar-refractivity contribution in [3.8, 4) is 0 Å². The van der Waals surface area contributed by atoms with E-state index in [0.29, 0.717) is 30.6 Å². The number of halogens is 1. The Bertz CT molecular complexity index is 380. The van der Waals surface area contributed by atoms with Crippen LogP contribution in [-0.2, 0) is 4.74 Å². The summed E-state index contributed by atoms with van der Waals surface area (Å²) in [6.45, 7) is 0.980. The molecule has 0 bridgehead atoms. The summed E-state index contributed by atoms with van der Waals surface area (Å²) in [5.41, 5.74) is 0.675. The van der Waals surface area contributed by atoms with Gasteiger partial charge in [-0.25, -0.2) is 4.79 Å². The number of nitrogens with zero attached hydrogens (tertiary/aromatic N) is 1. The van der Waals surface area contributed by atoms with Crippen molar-refractivity contribution in [1.29, 1.82) is 0 Å². The molecule has 5 heteroatoms. The maximum absolute atomic E-state index is 11.6. The van der Waals surface area contributed by atoms with Gasteiger partial charge in [-0.05, 0) is 20.2 Å². The summed E-state index contributed by atoms with van der Waals surface area (Å²) in [5.74, 6) is -0.454. The molecular weight excluding hydrogens is 242 g/mol. The number of ether oxygens (including phenoxy) is 1. The third kappa shape index (κ3) is 4.97. The van der Waals surface area contributed by atoms with E-state index in [2.05, 4.69) is 0 Å². The van der Waals surface area contributed by atoms with Crippen LogP contribution in [0.15, 0.2) is 24.3 Å². The highest BCUT2D eigenvalue weighted by Crippen LogP contribution is 2.07. The van der Waals surface area contributed by atoms with Gasteiger partial charge < -0.3 is 9.64 Å². The molecule has 0 aliphatic heterocycles. The molecule has 0 fully saturated rings. The number of hydrogen-bond acceptors (Lipinski definition) is 4. The second-order valence-corrected chi connectivity index (χ2v) is 3.64. The van der Waals surface area contributed by atoms with E-state index in [1.165, 1.54) is 0 Å². The predicted octanol–water partition coefficient (Wildman–Crippen LogP) is 1.64. The van der Waals surface area contributed by atoms with Crippen molar-refractivity contribution in [2.24, 2.45) is 0 Å². The van der Waals surface area contributed by atoms with Crippen molar-refractivity contribution in [2.45, 2.75) is 0 Å². The first-order chi connectivity index (χ1) is 7.65. The molecule has 0 unspecified atom stereocenters. The molecule has 0 saturated carbocycles. The lowest BCUT2D eigenvalue weighted by Gasteiger charge is -2.10. The zero-order chi connectivity index (χ0) is 12.0. The predicted molar refractivity (Wildman–Crippen MR) is 67.9 cm³/mol. The molecule has 0 aliphatic rings. The number of aldehydes is 1. The topological polar surface area (TPSA) is 46.6 Å². The zero-order valence-electron chi connectivity index (χ0n) is 9.88. The van der Waals surface area contributed by atoms with Crippen LogP contribution in [0.2, 0.25) is 0 Å². The van der Waals surface area contributed by atoms with Gasteiger partial charge in [-0.2, -0.15) is 0 Å². The fourth-order valence-corrected chi connectivity index (χ4v) is 1.18. The lowest BCUT2D eigenvalue weighted by molar-refractivity contribution is 0.0480. The summed E-state index contributed by atoms with van der Waals surface area (Å²) in [4.78, 5) is 24.2. The van der Waals surface area contributed by atoms with E-state index in [4.69, 9.17) is 4.74 Å². The fourth-order valence-electron chi connectivity index (χ4n) is 1.18. The molecule has 0 spiro atoms. The van der Waals surface area contributed by atoms with Crippen LogP contribution in [0.25, 0.3) is 0 Å². The van der Waals surface area contributed by atoms with Gasteiger partial charge in [-0.15, -0.1) is 12.4 Å². The molecule has 0 radical (unpaired) electrons. The summed E-state index contributed by atoms with van der Waals surface area (Å²) in [6.07, 6.45) is 0.655. The van der Waals surface area contributed by atoms with Gasteiger partial charge >= 0.3 is 5.97 Å². The number of hydrogen-bond donors (Lipinski definition) is 0. The molecule has 0 saturated heterocycles. The van der Waals surface area contributed by atoms with E-state index in [1.54, 1.807) is 24.3 Å². The van der Waals surface area contributed by atoms with Crippen LogP contribution in [0.1, 0.15) is 20.7 Å². The summed E-state index contributed by atoms with van der Waals surface area (Å²) >= 11 is 0. The first-order valence-electron chi connectivity index (χ1n) is 5.01. The maximum atomic E-state index is 11.6. The lowest BCUT2D eigenvalue weighted by atomic mass is 10.1. The van der Waals surface area contributed by atoms with Gasteiger partial charge in [0.1, 0.15) is 6.61 Å². The quantitative estimate of drug-likeness (QED) is 0.594. The Morgan fingerprint density at radius 1 is 1.35 bits per heavy atom. The molecule has 0 amide bonds. The highest BCUT2D eigenvalue weighted by Gasteiger charge is 2.11. The van der Waals surface area contributed by atoms with Crippen LogP contribution < -0.4 is 0 Å². The van der Waals surface area contributed by atoms with Crippen molar-refractivity contribution in [3.63, 3.8) is 0 Å². The van der Waals surface area contributed by atoms with Crippen LogP contribution in [0.3, 0.4) is 0 Å². The minimum absolute atomic E-state index is 0. The molecule has 1 aromatic rings. The number of carbonyl (C=O) groups excluding carboxylic acids is 2. The van der Waals surface area contributed by atoms with Crippen LogP contribution in [-0.4, -0.2) is 44.4 Å². The van der Waals surface area contributed by atoms with Crippen LogP contribution in [0.4, 0.5) is 0 Å². The van der Waals surface area contributed by atoms with Gasteiger partial charge in [0.05, 0.1) is 5.56 Å². The van der Waals surface area contributed by atoms with Crippen molar-refractivity contribution in [2.75, 3.05) is 27.2 Å². The molecule has 0 aliphatic carbocycles. The van der Waals surface area contributed by atoms with Crippen molar-refractivity contribution < 1.29 is 14.3 Å². The smallest absolute Gasteiger partial charge is 0.338 e. The zero-order valence-corrected chi connectivity index (χ0v) is 10.7. The van der Waals surface area contributed by atoms with Crippen molar-refractivity contribution in [3.05, 3.63) is 35.4 Å². The summed E-state index contributed by atoms with van der Waals surface area (Å²) in [5, 5.41) is 0. The molecule has 1 rings (SSSR count). The van der Waals surface area contributed by atoms with E-state index in [-0.39, 0.29) is 12.4 Å². The summed E-state index contributed by atoms with van der Waals surface area (Å²) in [7, 11) is 3.79. The third-order valence-corrected chi connectivity index (χ3v) is 2.08. The van der Waals surface area contributed by atoms with E-state index >= 15 is 0 Å². The lowest BCUT2D eigenvalue weighted by Crippen LogP contribution is -2.20. The average Bonchev–Trinajstić information content (AvgIpc) is 2.28. The Balaban J connectivity index is 0.00000256. The minimum atomic E-state index is -0.454. The molecule has 94 valence electrons. The number of rotatable bonds is 5. The number of esters is 1. The van der Waals surface area contributed by atoms with Crippen LogP contribution in [0, 0.1) is 0 Å². The van der Waals surface area contributed by atoms with Crippen LogP contribution >= 0.6 is 12.4 Å². The molecule has 0 atom stereocenters. The number of benzene rings is 1. The average molecular weight is 258 g/mol. The molecule has 4 nitrogen and oxygen atoms in total. The standard InChI is InChI=1S/C12H15NO3.ClH/c1-13(2)7-8-16-12(15)11-6-4-3-5-10(11)9-14;/h3-6,9H,7-8H2,1-2H3;1H. The summed E-state index contributed by atoms with van der Waals surface area (Å²) < 4.78 is 5.04. The Hall–Kier alpha value is -1.39. The molecule has 0 heterocycles. The first-order valence-corrected chi connectivity index (χ1v) is 5.01. The van der Waals surface area contributed by atoms with E-state index in [1.807, 2.05) is 19.0 Å². The highest BCUT2D eigenvalue weighted by molar-refractivity contribution is 5.98. The molecule has 17 heavy (non-hydrogen) atoms. The van der Waals surface area contributed by atoms with Gasteiger partial charge in [0.2, 0.25) is 0 Å². The molecule has 0 N–H and O–H groups in total. The van der Waals surface area contributed by atoms with E-state index < -0.39 is 5.97 Å². The summed E-state index contributed by atoms with van der Waals surface area (Å²) in [6, 6.07) is 6.59. The Labute approximate surface area is 107 Å². The Morgan fingerprint density at radius 2 is 2.00 bits per heavy atom. The van der Waals surface area contributed by atoms with Crippen molar-refractivity contribution >= 4 is 24.7 Å². The van der Waals surface area contributed by atoms with Crippen LogP contribution in [0.5, 0.6) is 0 Å². The monoisotopic (exact) mass is 257 g/mol. The Kier molecular flexibility index (Phi) is 7.18. The van der Waals surface area contributed by atoms with E-state index in [9.17, 15) is 9.59 Å². The normalized spacial score (nSPS) is 9.59. The SMILES string of the molecule is CN(C)CCOC(=O)c1ccccc1C=O.Cl. The second-order valence-electron chi connectivity index (χ2n) is 3.64. The van der Waals surface area contributed by atoms with Gasteiger partial charge in [0.25, 0.3) is 0 Å². The largest absolute Gasteiger partial charge is 0.461 e. The van der Waals surface area contributed by atoms with E-state index in [0.717, 1.165) is 0 Å². The highest BCUT2D eigenvalue weighted by atomic mass is 35.5. The number of likely N-dealkylation sites (N-methyl/N-ethyl adjacent to an activating group) is 1. The van der Waals surface area contributed by atoms with Gasteiger partial charge in [0, 0.05) is 12.1 Å². The van der Waals surface area contributed by atoms with Gasteiger partial charge in [-0.3, -0.25) is 4.79 Å². The maximum Gasteiger partial charge on any atom is 0.338 e. The minimum Gasteiger partial charge on any atom is -0.461 e. The first kappa shape index (κ1) is 15.6. The van der Waals surface area contributed by atoms with Gasteiger partial charge in [0.15, 0.2) is 6.29 Å². The molecular formula is C12H16ClNO3. The van der Waals surface area contributed by atoms with Gasteiger partial charge in [-0.1, -0.05) is 18.2 Å². The Morgan fingerprint density at radius 3 is 2.59 bits per heavy atom. The fraction of sp³-hybridized carbons (Fsp3) is 0.333. The molecule has 0 aromatic heterocycles. The second kappa shape index (κ2) is 7.81. The molecule has 1 aromatic carbocycles. The number of carbonyl (C=O) groups is 2. The van der Waals surface area contributed by atoms with Crippen molar-refractivity contribution in [1.82, 2.24) is 4.90 Å². The third-order valence-electron chi connectivity index (χ3n) is 2.08.